The number of rotatable bonds is 7. The van der Waals surface area contributed by atoms with E-state index in [0.29, 0.717) is 24.4 Å². The Bertz CT molecular complexity index is 473. The second kappa shape index (κ2) is 10.4. The molecule has 0 aromatic heterocycles. The van der Waals surface area contributed by atoms with Crippen molar-refractivity contribution in [3.05, 3.63) is 0 Å². The Labute approximate surface area is 179 Å². The lowest BCUT2D eigenvalue weighted by atomic mass is 9.86. The van der Waals surface area contributed by atoms with Crippen LogP contribution in [0.15, 0.2) is 0 Å². The van der Waals surface area contributed by atoms with Crippen molar-refractivity contribution < 1.29 is 9.47 Å². The Kier molecular flexibility index (Phi) is 7.90. The van der Waals surface area contributed by atoms with E-state index < -0.39 is 0 Å². The molecule has 4 aliphatic rings. The van der Waals surface area contributed by atoms with Gasteiger partial charge in [0.1, 0.15) is 0 Å². The van der Waals surface area contributed by atoms with Crippen molar-refractivity contribution in [1.29, 1.82) is 0 Å². The fourth-order valence-corrected chi connectivity index (χ4v) is 5.82. The fraction of sp³-hybridized carbons (Fsp3) is 1.00. The zero-order valence-electron chi connectivity index (χ0n) is 19.2. The van der Waals surface area contributed by atoms with Crippen LogP contribution in [0.1, 0.15) is 65.2 Å². The van der Waals surface area contributed by atoms with E-state index in [1.807, 2.05) is 0 Å². The summed E-state index contributed by atoms with van der Waals surface area (Å²) in [6.07, 6.45) is 12.1. The van der Waals surface area contributed by atoms with E-state index in [4.69, 9.17) is 9.47 Å². The molecular formula is C24H45N3O2. The maximum Gasteiger partial charge on any atom is 0.0608 e. The molecule has 0 bridgehead atoms. The third-order valence-electron chi connectivity index (χ3n) is 7.80. The molecule has 0 radical (unpaired) electrons. The Balaban J connectivity index is 1.07. The standard InChI is InChI=1S/C24H45N3O2/c1-19(2)28-22-8-14-27(15-9-22)21-16-24(17-21)29-23-6-12-26(13-7-23)18-20-4-10-25(3)11-5-20/h19-24H,4-18H2,1-3H3. The number of likely N-dealkylation sites (tertiary alicyclic amines) is 3. The molecule has 1 aliphatic carbocycles. The molecule has 168 valence electrons. The van der Waals surface area contributed by atoms with Crippen LogP contribution >= 0.6 is 0 Å². The molecule has 29 heavy (non-hydrogen) atoms. The molecule has 3 heterocycles. The number of hydrogen-bond acceptors (Lipinski definition) is 5. The highest BCUT2D eigenvalue weighted by Crippen LogP contribution is 2.33. The predicted octanol–water partition coefficient (Wildman–Crippen LogP) is 3.23. The summed E-state index contributed by atoms with van der Waals surface area (Å²) >= 11 is 0. The normalized spacial score (nSPS) is 32.7. The molecule has 3 saturated heterocycles. The van der Waals surface area contributed by atoms with Crippen LogP contribution in [0, 0.1) is 5.92 Å². The SMILES string of the molecule is CC(C)OC1CCN(C2CC(OC3CCN(CC4CCN(C)CC4)CC3)C2)CC1. The van der Waals surface area contributed by atoms with Crippen LogP contribution in [0.5, 0.6) is 0 Å². The van der Waals surface area contributed by atoms with Gasteiger partial charge in [0.15, 0.2) is 0 Å². The molecule has 0 atom stereocenters. The van der Waals surface area contributed by atoms with Crippen molar-refractivity contribution in [2.45, 2.75) is 95.7 Å². The summed E-state index contributed by atoms with van der Waals surface area (Å²) < 4.78 is 12.5. The van der Waals surface area contributed by atoms with Crippen LogP contribution in [-0.4, -0.2) is 98.0 Å². The molecule has 5 heteroatoms. The average molecular weight is 408 g/mol. The number of hydrogen-bond donors (Lipinski definition) is 0. The van der Waals surface area contributed by atoms with Crippen molar-refractivity contribution in [3.63, 3.8) is 0 Å². The summed E-state index contributed by atoms with van der Waals surface area (Å²) in [5, 5.41) is 0. The van der Waals surface area contributed by atoms with Gasteiger partial charge >= 0.3 is 0 Å². The van der Waals surface area contributed by atoms with Crippen LogP contribution in [0.25, 0.3) is 0 Å². The lowest BCUT2D eigenvalue weighted by Gasteiger charge is -2.47. The minimum Gasteiger partial charge on any atom is -0.375 e. The monoisotopic (exact) mass is 407 g/mol. The van der Waals surface area contributed by atoms with E-state index in [1.54, 1.807) is 0 Å². The van der Waals surface area contributed by atoms with Crippen LogP contribution in [0.4, 0.5) is 0 Å². The second-order valence-corrected chi connectivity index (χ2v) is 10.6. The van der Waals surface area contributed by atoms with Crippen LogP contribution in [-0.2, 0) is 9.47 Å². The summed E-state index contributed by atoms with van der Waals surface area (Å²) in [5.41, 5.74) is 0. The predicted molar refractivity (Wildman–Crippen MR) is 118 cm³/mol. The van der Waals surface area contributed by atoms with Gasteiger partial charge in [-0.3, -0.25) is 4.90 Å². The number of piperidine rings is 3. The summed E-state index contributed by atoms with van der Waals surface area (Å²) in [6, 6.07) is 0.768. The summed E-state index contributed by atoms with van der Waals surface area (Å²) in [6.45, 7) is 13.1. The molecule has 0 aromatic carbocycles. The van der Waals surface area contributed by atoms with Gasteiger partial charge in [0.05, 0.1) is 24.4 Å². The Morgan fingerprint density at radius 3 is 2.00 bits per heavy atom. The van der Waals surface area contributed by atoms with Gasteiger partial charge in [-0.15, -0.1) is 0 Å². The van der Waals surface area contributed by atoms with Crippen LogP contribution in [0.2, 0.25) is 0 Å². The smallest absolute Gasteiger partial charge is 0.0608 e. The molecule has 0 spiro atoms. The average Bonchev–Trinajstić information content (AvgIpc) is 2.68. The molecule has 0 N–H and O–H groups in total. The minimum absolute atomic E-state index is 0.365. The third-order valence-corrected chi connectivity index (χ3v) is 7.80. The minimum atomic E-state index is 0.365. The molecule has 0 amide bonds. The van der Waals surface area contributed by atoms with E-state index in [1.165, 1.54) is 97.2 Å². The van der Waals surface area contributed by atoms with Gasteiger partial charge in [-0.05, 0) is 91.3 Å². The molecule has 3 aliphatic heterocycles. The summed E-state index contributed by atoms with van der Waals surface area (Å²) in [7, 11) is 2.26. The quantitative estimate of drug-likeness (QED) is 0.646. The first-order valence-corrected chi connectivity index (χ1v) is 12.5. The fourth-order valence-electron chi connectivity index (χ4n) is 5.82. The third kappa shape index (κ3) is 6.39. The van der Waals surface area contributed by atoms with E-state index in [-0.39, 0.29) is 0 Å². The van der Waals surface area contributed by atoms with Crippen molar-refractivity contribution in [2.24, 2.45) is 5.92 Å². The number of ether oxygens (including phenoxy) is 2. The zero-order chi connectivity index (χ0) is 20.2. The van der Waals surface area contributed by atoms with E-state index in [0.717, 1.165) is 12.0 Å². The maximum absolute atomic E-state index is 6.49. The maximum atomic E-state index is 6.49. The van der Waals surface area contributed by atoms with Crippen LogP contribution in [0.3, 0.4) is 0 Å². The van der Waals surface area contributed by atoms with Gasteiger partial charge in [-0.25, -0.2) is 0 Å². The lowest BCUT2D eigenvalue weighted by molar-refractivity contribution is -0.113. The number of nitrogens with zero attached hydrogens (tertiary/aromatic N) is 3. The zero-order valence-corrected chi connectivity index (χ0v) is 19.2. The van der Waals surface area contributed by atoms with E-state index >= 15 is 0 Å². The van der Waals surface area contributed by atoms with E-state index in [2.05, 4.69) is 35.6 Å². The first-order valence-electron chi connectivity index (χ1n) is 12.5. The highest BCUT2D eigenvalue weighted by atomic mass is 16.5. The molecule has 1 saturated carbocycles. The molecule has 5 nitrogen and oxygen atoms in total. The summed E-state index contributed by atoms with van der Waals surface area (Å²) in [5.74, 6) is 0.922. The van der Waals surface area contributed by atoms with Gasteiger partial charge in [0.2, 0.25) is 0 Å². The van der Waals surface area contributed by atoms with Crippen molar-refractivity contribution in [2.75, 3.05) is 52.9 Å². The molecule has 0 unspecified atom stereocenters. The Morgan fingerprint density at radius 2 is 1.38 bits per heavy atom. The molecular weight excluding hydrogens is 362 g/mol. The van der Waals surface area contributed by atoms with Crippen molar-refractivity contribution >= 4 is 0 Å². The molecule has 4 rings (SSSR count). The second-order valence-electron chi connectivity index (χ2n) is 10.6. The van der Waals surface area contributed by atoms with E-state index in [9.17, 15) is 0 Å². The highest BCUT2D eigenvalue weighted by Gasteiger charge is 2.38. The largest absolute Gasteiger partial charge is 0.375 e. The molecule has 0 aromatic rings. The topological polar surface area (TPSA) is 28.2 Å². The van der Waals surface area contributed by atoms with Gasteiger partial charge < -0.3 is 19.3 Å². The summed E-state index contributed by atoms with van der Waals surface area (Å²) in [4.78, 5) is 7.89. The first-order chi connectivity index (χ1) is 14.0. The van der Waals surface area contributed by atoms with Gasteiger partial charge in [-0.1, -0.05) is 0 Å². The Hall–Kier alpha value is -0.200. The highest BCUT2D eigenvalue weighted by molar-refractivity contribution is 4.91. The lowest BCUT2D eigenvalue weighted by Crippen LogP contribution is -2.53. The van der Waals surface area contributed by atoms with Crippen LogP contribution < -0.4 is 0 Å². The molecule has 4 fully saturated rings. The van der Waals surface area contributed by atoms with Gasteiger partial charge in [0.25, 0.3) is 0 Å². The Morgan fingerprint density at radius 1 is 0.759 bits per heavy atom. The van der Waals surface area contributed by atoms with Crippen molar-refractivity contribution in [3.8, 4) is 0 Å². The van der Waals surface area contributed by atoms with Gasteiger partial charge in [0, 0.05) is 38.8 Å². The van der Waals surface area contributed by atoms with Gasteiger partial charge in [-0.2, -0.15) is 0 Å². The first kappa shape index (κ1) is 22.0. The van der Waals surface area contributed by atoms with Crippen molar-refractivity contribution in [1.82, 2.24) is 14.7 Å².